The second kappa shape index (κ2) is 10.1. The number of para-hydroxylation sites is 2. The van der Waals surface area contributed by atoms with Crippen LogP contribution in [-0.2, 0) is 22.4 Å². The first-order valence-electron chi connectivity index (χ1n) is 11.1. The Morgan fingerprint density at radius 1 is 1.00 bits per heavy atom. The van der Waals surface area contributed by atoms with E-state index < -0.39 is 6.04 Å². The topological polar surface area (TPSA) is 86.9 Å². The first-order chi connectivity index (χ1) is 16.0. The van der Waals surface area contributed by atoms with Crippen molar-refractivity contribution in [2.24, 2.45) is 0 Å². The number of carbonyl (C=O) groups excluding carboxylic acids is 2. The van der Waals surface area contributed by atoms with Gasteiger partial charge in [-0.1, -0.05) is 42.5 Å². The summed E-state index contributed by atoms with van der Waals surface area (Å²) in [5.41, 5.74) is 5.73. The summed E-state index contributed by atoms with van der Waals surface area (Å²) in [4.78, 5) is 33.5. The van der Waals surface area contributed by atoms with Gasteiger partial charge in [0, 0.05) is 48.0 Å². The van der Waals surface area contributed by atoms with E-state index in [0.717, 1.165) is 38.8 Å². The molecule has 0 saturated carbocycles. The van der Waals surface area contributed by atoms with Crippen molar-refractivity contribution in [2.75, 3.05) is 5.32 Å². The van der Waals surface area contributed by atoms with Crippen molar-refractivity contribution in [3.05, 3.63) is 95.4 Å². The number of carbonyl (C=O) groups is 2. The van der Waals surface area contributed by atoms with Crippen LogP contribution >= 0.6 is 0 Å². The Morgan fingerprint density at radius 2 is 1.79 bits per heavy atom. The molecule has 0 aliphatic carbocycles. The summed E-state index contributed by atoms with van der Waals surface area (Å²) in [7, 11) is 0. The van der Waals surface area contributed by atoms with Gasteiger partial charge >= 0.3 is 0 Å². The molecule has 4 rings (SSSR count). The van der Waals surface area contributed by atoms with Crippen LogP contribution in [0.4, 0.5) is 5.69 Å². The van der Waals surface area contributed by atoms with Crippen LogP contribution in [0.3, 0.4) is 0 Å². The zero-order chi connectivity index (χ0) is 23.2. The number of fused-ring (bicyclic) bond motifs is 1. The molecular formula is C27H28N4O2. The molecule has 2 amide bonds. The molecule has 0 spiro atoms. The van der Waals surface area contributed by atoms with Crippen LogP contribution < -0.4 is 10.6 Å². The number of amides is 2. The Kier molecular flexibility index (Phi) is 6.83. The number of H-pyrrole nitrogens is 1. The Morgan fingerprint density at radius 3 is 2.55 bits per heavy atom. The van der Waals surface area contributed by atoms with E-state index in [-0.39, 0.29) is 18.2 Å². The SMILES string of the molecule is Cc1cccc(C)c1NC(=O)C(Cc1c[nH]c2ccccc12)NC(=O)CCc1cccnc1. The van der Waals surface area contributed by atoms with Crippen LogP contribution in [0, 0.1) is 13.8 Å². The number of pyridine rings is 1. The molecule has 0 radical (unpaired) electrons. The Bertz CT molecular complexity index is 1240. The minimum Gasteiger partial charge on any atom is -0.361 e. The van der Waals surface area contributed by atoms with Gasteiger partial charge in [0.1, 0.15) is 6.04 Å². The van der Waals surface area contributed by atoms with E-state index in [1.165, 1.54) is 0 Å². The number of rotatable bonds is 8. The highest BCUT2D eigenvalue weighted by Crippen LogP contribution is 2.22. The molecule has 33 heavy (non-hydrogen) atoms. The molecule has 2 aromatic heterocycles. The van der Waals surface area contributed by atoms with E-state index in [1.54, 1.807) is 12.4 Å². The highest BCUT2D eigenvalue weighted by molar-refractivity contribution is 5.99. The van der Waals surface area contributed by atoms with Crippen LogP contribution in [0.15, 0.2) is 73.2 Å². The van der Waals surface area contributed by atoms with Gasteiger partial charge in [-0.15, -0.1) is 0 Å². The molecule has 2 heterocycles. The van der Waals surface area contributed by atoms with Crippen LogP contribution in [0.5, 0.6) is 0 Å². The average Bonchev–Trinajstić information content (AvgIpc) is 3.23. The summed E-state index contributed by atoms with van der Waals surface area (Å²) in [6.07, 6.45) is 6.61. The lowest BCUT2D eigenvalue weighted by Crippen LogP contribution is -2.45. The summed E-state index contributed by atoms with van der Waals surface area (Å²) in [6.45, 7) is 3.92. The maximum atomic E-state index is 13.3. The van der Waals surface area contributed by atoms with Gasteiger partial charge in [0.15, 0.2) is 0 Å². The highest BCUT2D eigenvalue weighted by Gasteiger charge is 2.23. The molecule has 1 unspecified atom stereocenters. The molecule has 0 aliphatic rings. The lowest BCUT2D eigenvalue weighted by Gasteiger charge is -2.20. The number of aryl methyl sites for hydroxylation is 3. The zero-order valence-electron chi connectivity index (χ0n) is 18.9. The van der Waals surface area contributed by atoms with Gasteiger partial charge in [0.2, 0.25) is 11.8 Å². The second-order valence-electron chi connectivity index (χ2n) is 8.30. The first kappa shape index (κ1) is 22.3. The number of aromatic nitrogens is 2. The fraction of sp³-hybridized carbons (Fsp3) is 0.222. The van der Waals surface area contributed by atoms with Crippen molar-refractivity contribution < 1.29 is 9.59 Å². The van der Waals surface area contributed by atoms with Crippen molar-refractivity contribution in [1.29, 1.82) is 0 Å². The fourth-order valence-corrected chi connectivity index (χ4v) is 4.02. The van der Waals surface area contributed by atoms with Crippen LogP contribution in [0.1, 0.15) is 28.7 Å². The molecule has 6 heteroatoms. The van der Waals surface area contributed by atoms with E-state index in [4.69, 9.17) is 0 Å². The van der Waals surface area contributed by atoms with Crippen LogP contribution in [0.25, 0.3) is 10.9 Å². The fourth-order valence-electron chi connectivity index (χ4n) is 4.02. The second-order valence-corrected chi connectivity index (χ2v) is 8.30. The number of anilines is 1. The largest absolute Gasteiger partial charge is 0.361 e. The normalized spacial score (nSPS) is 11.8. The van der Waals surface area contributed by atoms with Crippen molar-refractivity contribution >= 4 is 28.4 Å². The van der Waals surface area contributed by atoms with Gasteiger partial charge in [-0.3, -0.25) is 14.6 Å². The smallest absolute Gasteiger partial charge is 0.247 e. The summed E-state index contributed by atoms with van der Waals surface area (Å²) < 4.78 is 0. The van der Waals surface area contributed by atoms with E-state index in [9.17, 15) is 9.59 Å². The van der Waals surface area contributed by atoms with Gasteiger partial charge in [0.25, 0.3) is 0 Å². The molecule has 3 N–H and O–H groups in total. The molecule has 6 nitrogen and oxygen atoms in total. The third-order valence-corrected chi connectivity index (χ3v) is 5.84. The lowest BCUT2D eigenvalue weighted by molar-refractivity contribution is -0.126. The third kappa shape index (κ3) is 5.47. The van der Waals surface area contributed by atoms with E-state index in [1.807, 2.05) is 74.6 Å². The summed E-state index contributed by atoms with van der Waals surface area (Å²) in [5.74, 6) is -0.396. The molecule has 4 aromatic rings. The molecule has 0 fully saturated rings. The van der Waals surface area contributed by atoms with Crippen molar-refractivity contribution in [3.63, 3.8) is 0 Å². The Labute approximate surface area is 193 Å². The highest BCUT2D eigenvalue weighted by atomic mass is 16.2. The van der Waals surface area contributed by atoms with Gasteiger partial charge in [-0.25, -0.2) is 0 Å². The van der Waals surface area contributed by atoms with Gasteiger partial charge < -0.3 is 15.6 Å². The Hall–Kier alpha value is -3.93. The number of hydrogen-bond donors (Lipinski definition) is 3. The van der Waals surface area contributed by atoms with Crippen molar-refractivity contribution in [1.82, 2.24) is 15.3 Å². The van der Waals surface area contributed by atoms with E-state index in [0.29, 0.717) is 12.8 Å². The number of nitrogens with zero attached hydrogens (tertiary/aromatic N) is 1. The molecular weight excluding hydrogens is 412 g/mol. The standard InChI is InChI=1S/C27H28N4O2/c1-18-7-5-8-19(2)26(18)31-27(33)24(15-21-17-29-23-11-4-3-10-22(21)23)30-25(32)13-12-20-9-6-14-28-16-20/h3-11,14,16-17,24,29H,12-13,15H2,1-2H3,(H,30,32)(H,31,33). The van der Waals surface area contributed by atoms with Crippen molar-refractivity contribution in [2.45, 2.75) is 39.2 Å². The molecule has 0 saturated heterocycles. The molecule has 0 bridgehead atoms. The number of benzene rings is 2. The average molecular weight is 441 g/mol. The zero-order valence-corrected chi connectivity index (χ0v) is 18.9. The monoisotopic (exact) mass is 440 g/mol. The summed E-state index contributed by atoms with van der Waals surface area (Å²) >= 11 is 0. The maximum absolute atomic E-state index is 13.3. The summed E-state index contributed by atoms with van der Waals surface area (Å²) in [5, 5.41) is 7.06. The Balaban J connectivity index is 1.53. The molecule has 0 aliphatic heterocycles. The van der Waals surface area contributed by atoms with Gasteiger partial charge in [0.05, 0.1) is 0 Å². The lowest BCUT2D eigenvalue weighted by atomic mass is 10.0. The van der Waals surface area contributed by atoms with E-state index >= 15 is 0 Å². The predicted octanol–water partition coefficient (Wildman–Crippen LogP) is 4.48. The van der Waals surface area contributed by atoms with Gasteiger partial charge in [-0.2, -0.15) is 0 Å². The molecule has 1 atom stereocenters. The van der Waals surface area contributed by atoms with Crippen LogP contribution in [0.2, 0.25) is 0 Å². The number of nitrogens with one attached hydrogen (secondary N) is 3. The van der Waals surface area contributed by atoms with Gasteiger partial charge in [-0.05, 0) is 54.7 Å². The predicted molar refractivity (Wildman–Crippen MR) is 131 cm³/mol. The first-order valence-corrected chi connectivity index (χ1v) is 11.1. The minimum absolute atomic E-state index is 0.166. The third-order valence-electron chi connectivity index (χ3n) is 5.84. The van der Waals surface area contributed by atoms with Crippen LogP contribution in [-0.4, -0.2) is 27.8 Å². The quantitative estimate of drug-likeness (QED) is 0.378. The van der Waals surface area contributed by atoms with E-state index in [2.05, 4.69) is 20.6 Å². The number of aromatic amines is 1. The molecule has 2 aromatic carbocycles. The number of hydrogen-bond acceptors (Lipinski definition) is 3. The summed E-state index contributed by atoms with van der Waals surface area (Å²) in [6, 6.07) is 16.9. The maximum Gasteiger partial charge on any atom is 0.247 e. The van der Waals surface area contributed by atoms with Crippen molar-refractivity contribution in [3.8, 4) is 0 Å². The minimum atomic E-state index is -0.704. The molecule has 168 valence electrons.